The largest absolute Gasteiger partial charge is 0.453 e. The molecule has 6 rings (SSSR count). The van der Waals surface area contributed by atoms with Crippen LogP contribution in [0.5, 0.6) is 0 Å². The van der Waals surface area contributed by atoms with Gasteiger partial charge in [0.15, 0.2) is 12.4 Å². The maximum Gasteiger partial charge on any atom is 0.303 e. The quantitative estimate of drug-likeness (QED) is 0.184. The lowest BCUT2D eigenvalue weighted by Crippen LogP contribution is -2.35. The molecule has 46 heavy (non-hydrogen) atoms. The average molecular weight is 620 g/mol. The highest BCUT2D eigenvalue weighted by atomic mass is 16.7. The van der Waals surface area contributed by atoms with Crippen molar-refractivity contribution in [2.75, 3.05) is 0 Å². The van der Waals surface area contributed by atoms with Gasteiger partial charge in [0.2, 0.25) is 0 Å². The van der Waals surface area contributed by atoms with Crippen molar-refractivity contribution in [1.29, 1.82) is 0 Å². The van der Waals surface area contributed by atoms with Gasteiger partial charge in [0.25, 0.3) is 5.91 Å². The topological polar surface area (TPSA) is 112 Å². The van der Waals surface area contributed by atoms with Crippen LogP contribution in [0, 0.1) is 0 Å². The third kappa shape index (κ3) is 7.18. The summed E-state index contributed by atoms with van der Waals surface area (Å²) in [7, 11) is 0. The third-order valence-corrected chi connectivity index (χ3v) is 8.22. The molecule has 2 heterocycles. The van der Waals surface area contributed by atoms with Gasteiger partial charge in [-0.2, -0.15) is 0 Å². The van der Waals surface area contributed by atoms with Crippen molar-refractivity contribution in [3.05, 3.63) is 126 Å². The van der Waals surface area contributed by atoms with Crippen LogP contribution in [0.4, 0.5) is 0 Å². The third-order valence-electron chi connectivity index (χ3n) is 8.22. The Bertz CT molecular complexity index is 1800. The van der Waals surface area contributed by atoms with Gasteiger partial charge in [-0.3, -0.25) is 9.59 Å². The summed E-state index contributed by atoms with van der Waals surface area (Å²) in [5.74, 6) is -0.854. The van der Waals surface area contributed by atoms with Crippen LogP contribution in [0.2, 0.25) is 0 Å². The van der Waals surface area contributed by atoms with Crippen LogP contribution >= 0.6 is 0 Å². The van der Waals surface area contributed by atoms with E-state index < -0.39 is 18.4 Å². The zero-order valence-electron chi connectivity index (χ0n) is 25.8. The predicted molar refractivity (Wildman–Crippen MR) is 173 cm³/mol. The molecule has 0 radical (unpaired) electrons. The van der Waals surface area contributed by atoms with Gasteiger partial charge in [-0.15, -0.1) is 0 Å². The first-order valence-corrected chi connectivity index (χ1v) is 15.4. The van der Waals surface area contributed by atoms with E-state index >= 15 is 0 Å². The van der Waals surface area contributed by atoms with Gasteiger partial charge in [0, 0.05) is 25.5 Å². The summed E-state index contributed by atoms with van der Waals surface area (Å²) in [4.78, 5) is 28.2. The predicted octanol–water partition coefficient (Wildman–Crippen LogP) is 6.01. The van der Waals surface area contributed by atoms with Crippen LogP contribution in [-0.2, 0) is 43.5 Å². The number of ether oxygens (including phenoxy) is 3. The van der Waals surface area contributed by atoms with Gasteiger partial charge < -0.3 is 29.2 Å². The van der Waals surface area contributed by atoms with Gasteiger partial charge in [-0.25, -0.2) is 4.98 Å². The second kappa shape index (κ2) is 14.1. The molecular weight excluding hydrogens is 582 g/mol. The molecule has 4 atom stereocenters. The maximum absolute atomic E-state index is 12.4. The van der Waals surface area contributed by atoms with Crippen LogP contribution in [0.3, 0.4) is 0 Å². The van der Waals surface area contributed by atoms with Crippen molar-refractivity contribution in [3.8, 4) is 11.1 Å². The molecule has 4 unspecified atom stereocenters. The van der Waals surface area contributed by atoms with Gasteiger partial charge in [0.1, 0.15) is 0 Å². The van der Waals surface area contributed by atoms with E-state index in [2.05, 4.69) is 20.9 Å². The number of aliphatic hydroxyl groups is 1. The Morgan fingerprint density at radius 2 is 1.67 bits per heavy atom. The highest BCUT2D eigenvalue weighted by Gasteiger charge is 2.32. The summed E-state index contributed by atoms with van der Waals surface area (Å²) >= 11 is 0. The number of nitrogens with zero attached hydrogens (tertiary/aromatic N) is 2. The van der Waals surface area contributed by atoms with Crippen molar-refractivity contribution < 1.29 is 28.9 Å². The van der Waals surface area contributed by atoms with Crippen molar-refractivity contribution in [2.24, 2.45) is 0 Å². The highest BCUT2D eigenvalue weighted by Crippen LogP contribution is 2.39. The van der Waals surface area contributed by atoms with E-state index in [9.17, 15) is 14.7 Å². The molecule has 0 bridgehead atoms. The molecule has 4 aromatic carbocycles. The Kier molecular flexibility index (Phi) is 9.54. The molecule has 2 N–H and O–H groups in total. The molecule has 1 saturated heterocycles. The summed E-state index contributed by atoms with van der Waals surface area (Å²) in [6.45, 7) is 3.73. The summed E-state index contributed by atoms with van der Waals surface area (Å²) in [6, 6.07) is 31.9. The van der Waals surface area contributed by atoms with E-state index in [-0.39, 0.29) is 24.7 Å². The molecule has 0 saturated carbocycles. The minimum atomic E-state index is -0.868. The molecule has 1 aromatic heterocycles. The number of benzene rings is 4. The molecule has 9 heteroatoms. The number of fused-ring (bicyclic) bond motifs is 1. The Morgan fingerprint density at radius 1 is 0.957 bits per heavy atom. The lowest BCUT2D eigenvalue weighted by atomic mass is 9.97. The number of carbonyl (C=O) groups is 2. The standard InChI is InChI=1S/C37H37N3O6/c1-24(44-25(2)42)36(43)38-20-30-7-3-4-8-32(30)27-15-17-29(18-16-27)37-45-31(21-40-23-39-33-9-5-6-10-34(33)40)19-35(46-37)28-13-11-26(22-41)12-14-28/h3-18,23-24,31,35,37,41H,19-22H2,1-2H3,(H,38,43). The first-order chi connectivity index (χ1) is 22.4. The fraction of sp³-hybridized carbons (Fsp3) is 0.270. The number of hydrogen-bond donors (Lipinski definition) is 2. The van der Waals surface area contributed by atoms with Crippen LogP contribution < -0.4 is 5.32 Å². The number of para-hydroxylation sites is 2. The SMILES string of the molecule is CC(=O)OC(C)C(=O)NCc1ccccc1-c1ccc(C2OC(Cn3cnc4ccccc43)CC(c3ccc(CO)cc3)O2)cc1. The van der Waals surface area contributed by atoms with E-state index in [0.717, 1.165) is 44.4 Å². The monoisotopic (exact) mass is 619 g/mol. The van der Waals surface area contributed by atoms with Crippen molar-refractivity contribution in [3.63, 3.8) is 0 Å². The Hall–Kier alpha value is -4.83. The summed E-state index contributed by atoms with van der Waals surface area (Å²) in [5, 5.41) is 12.4. The van der Waals surface area contributed by atoms with E-state index in [4.69, 9.17) is 14.2 Å². The zero-order chi connectivity index (χ0) is 32.0. The Labute approximate surface area is 267 Å². The van der Waals surface area contributed by atoms with Crippen LogP contribution in [-0.4, -0.2) is 38.7 Å². The summed E-state index contributed by atoms with van der Waals surface area (Å²) in [5.41, 5.74) is 7.66. The summed E-state index contributed by atoms with van der Waals surface area (Å²) < 4.78 is 20.3. The lowest BCUT2D eigenvalue weighted by Gasteiger charge is -2.36. The molecule has 9 nitrogen and oxygen atoms in total. The van der Waals surface area contributed by atoms with Gasteiger partial charge >= 0.3 is 5.97 Å². The molecule has 1 amide bonds. The van der Waals surface area contributed by atoms with Crippen molar-refractivity contribution in [2.45, 2.75) is 64.6 Å². The van der Waals surface area contributed by atoms with Crippen molar-refractivity contribution in [1.82, 2.24) is 14.9 Å². The second-order valence-corrected chi connectivity index (χ2v) is 11.5. The molecule has 1 fully saturated rings. The normalized spacial score (nSPS) is 18.6. The number of hydrogen-bond acceptors (Lipinski definition) is 7. The van der Waals surface area contributed by atoms with Gasteiger partial charge in [-0.05, 0) is 46.9 Å². The first-order valence-electron chi connectivity index (χ1n) is 15.4. The van der Waals surface area contributed by atoms with E-state index in [1.807, 2.05) is 97.3 Å². The van der Waals surface area contributed by atoms with E-state index in [1.54, 1.807) is 6.92 Å². The number of imidazole rings is 1. The first kappa shape index (κ1) is 31.2. The fourth-order valence-electron chi connectivity index (χ4n) is 5.81. The Balaban J connectivity index is 1.22. The number of rotatable bonds is 10. The van der Waals surface area contributed by atoms with Gasteiger partial charge in [0.05, 0.1) is 42.7 Å². The number of aliphatic hydroxyl groups excluding tert-OH is 1. The second-order valence-electron chi connectivity index (χ2n) is 11.5. The summed E-state index contributed by atoms with van der Waals surface area (Å²) in [6.07, 6.45) is 0.709. The molecule has 236 valence electrons. The van der Waals surface area contributed by atoms with Gasteiger partial charge in [-0.1, -0.05) is 84.9 Å². The van der Waals surface area contributed by atoms with E-state index in [0.29, 0.717) is 19.5 Å². The van der Waals surface area contributed by atoms with Crippen molar-refractivity contribution >= 4 is 22.9 Å². The number of nitrogens with one attached hydrogen (secondary N) is 1. The average Bonchev–Trinajstić information content (AvgIpc) is 3.49. The number of aromatic nitrogens is 2. The highest BCUT2D eigenvalue weighted by molar-refractivity contribution is 5.83. The fourth-order valence-corrected chi connectivity index (χ4v) is 5.81. The Morgan fingerprint density at radius 3 is 2.43 bits per heavy atom. The maximum atomic E-state index is 12.4. The minimum Gasteiger partial charge on any atom is -0.453 e. The molecular formula is C37H37N3O6. The molecule has 0 aliphatic carbocycles. The molecule has 5 aromatic rings. The van der Waals surface area contributed by atoms with Crippen LogP contribution in [0.15, 0.2) is 103 Å². The lowest BCUT2D eigenvalue weighted by molar-refractivity contribution is -0.252. The van der Waals surface area contributed by atoms with Crippen LogP contribution in [0.1, 0.15) is 54.9 Å². The number of esters is 1. The van der Waals surface area contributed by atoms with Crippen LogP contribution in [0.25, 0.3) is 22.2 Å². The molecule has 1 aliphatic heterocycles. The smallest absolute Gasteiger partial charge is 0.303 e. The molecule has 1 aliphatic rings. The number of amides is 1. The number of carbonyl (C=O) groups excluding carboxylic acids is 2. The molecule has 0 spiro atoms. The zero-order valence-corrected chi connectivity index (χ0v) is 25.8. The van der Waals surface area contributed by atoms with E-state index in [1.165, 1.54) is 6.92 Å². The minimum absolute atomic E-state index is 0.0108.